The largest absolute Gasteiger partial charge is 0.384 e. The van der Waals surface area contributed by atoms with Crippen molar-refractivity contribution in [3.05, 3.63) is 22.7 Å². The molecule has 7 heteroatoms. The Labute approximate surface area is 141 Å². The third kappa shape index (κ3) is 3.61. The molecule has 1 aliphatic carbocycles. The van der Waals surface area contributed by atoms with Crippen molar-refractivity contribution in [2.45, 2.75) is 44.6 Å². The number of carbonyl (C=O) groups is 1. The van der Waals surface area contributed by atoms with Crippen LogP contribution in [0.1, 0.15) is 38.5 Å². The van der Waals surface area contributed by atoms with Crippen LogP contribution < -0.4 is 15.8 Å². The van der Waals surface area contributed by atoms with E-state index >= 15 is 0 Å². The monoisotopic (exact) mass is 334 g/mol. The number of rotatable bonds is 5. The van der Waals surface area contributed by atoms with Gasteiger partial charge in [-0.2, -0.15) is 0 Å². The molecule has 132 valence electrons. The second-order valence-electron chi connectivity index (χ2n) is 6.95. The lowest BCUT2D eigenvalue weighted by Crippen LogP contribution is -2.49. The van der Waals surface area contributed by atoms with Crippen LogP contribution in [0, 0.1) is 5.41 Å². The highest BCUT2D eigenvalue weighted by Gasteiger charge is 2.41. The summed E-state index contributed by atoms with van der Waals surface area (Å²) in [6.07, 6.45) is 7.46. The van der Waals surface area contributed by atoms with Gasteiger partial charge in [0.1, 0.15) is 5.82 Å². The van der Waals surface area contributed by atoms with Gasteiger partial charge in [-0.3, -0.25) is 9.59 Å². The Bertz CT molecular complexity index is 619. The fraction of sp³-hybridized carbons (Fsp3) is 0.706. The first kappa shape index (κ1) is 17.0. The third-order valence-corrected chi connectivity index (χ3v) is 5.22. The molecule has 1 atom stereocenters. The van der Waals surface area contributed by atoms with E-state index in [9.17, 15) is 9.59 Å². The molecule has 24 heavy (non-hydrogen) atoms. The Balaban J connectivity index is 1.62. The summed E-state index contributed by atoms with van der Waals surface area (Å²) in [6, 6.07) is 1.59. The number of nitrogens with zero attached hydrogens (tertiary/aromatic N) is 2. The Kier molecular flexibility index (Phi) is 5.18. The molecule has 1 saturated carbocycles. The lowest BCUT2D eigenvalue weighted by atomic mass is 9.73. The molecule has 2 heterocycles. The fourth-order valence-corrected chi connectivity index (χ4v) is 3.90. The van der Waals surface area contributed by atoms with Gasteiger partial charge in [0.2, 0.25) is 5.91 Å². The van der Waals surface area contributed by atoms with Gasteiger partial charge in [0.15, 0.2) is 0 Å². The number of H-pyrrole nitrogens is 1. The van der Waals surface area contributed by atoms with Crippen LogP contribution in [0.15, 0.2) is 17.2 Å². The molecule has 7 nitrogen and oxygen atoms in total. The van der Waals surface area contributed by atoms with Gasteiger partial charge in [-0.15, -0.1) is 0 Å². The number of hydrogen-bond acceptors (Lipinski definition) is 5. The van der Waals surface area contributed by atoms with Crippen molar-refractivity contribution in [1.82, 2.24) is 15.3 Å². The van der Waals surface area contributed by atoms with Crippen LogP contribution in [-0.2, 0) is 9.53 Å². The number of nitrogens with one attached hydrogen (secondary N) is 2. The number of hydrogen-bond donors (Lipinski definition) is 2. The van der Waals surface area contributed by atoms with Crippen molar-refractivity contribution >= 4 is 11.7 Å². The highest BCUT2D eigenvalue weighted by atomic mass is 16.5. The van der Waals surface area contributed by atoms with Crippen molar-refractivity contribution in [3.8, 4) is 0 Å². The Morgan fingerprint density at radius 1 is 1.46 bits per heavy atom. The highest BCUT2D eigenvalue weighted by Crippen LogP contribution is 2.37. The third-order valence-electron chi connectivity index (χ3n) is 5.22. The molecule has 1 aromatic rings. The number of methoxy groups -OCH3 is 1. The van der Waals surface area contributed by atoms with Crippen LogP contribution in [0.3, 0.4) is 0 Å². The molecule has 0 spiro atoms. The van der Waals surface area contributed by atoms with Gasteiger partial charge in [-0.05, 0) is 19.3 Å². The van der Waals surface area contributed by atoms with Gasteiger partial charge in [0.05, 0.1) is 18.3 Å². The van der Waals surface area contributed by atoms with Crippen LogP contribution in [0.25, 0.3) is 0 Å². The average molecular weight is 334 g/mol. The predicted molar refractivity (Wildman–Crippen MR) is 91.0 cm³/mol. The molecule has 1 unspecified atom stereocenters. The molecule has 1 aromatic heterocycles. The molecule has 1 aliphatic heterocycles. The summed E-state index contributed by atoms with van der Waals surface area (Å²) in [5.41, 5.74) is -0.531. The number of anilines is 1. The Morgan fingerprint density at radius 3 is 2.96 bits per heavy atom. The van der Waals surface area contributed by atoms with E-state index in [1.54, 1.807) is 7.11 Å². The zero-order chi connectivity index (χ0) is 17.0. The molecule has 0 aromatic carbocycles. The van der Waals surface area contributed by atoms with Gasteiger partial charge in [-0.1, -0.05) is 19.3 Å². The maximum atomic E-state index is 12.9. The summed E-state index contributed by atoms with van der Waals surface area (Å²) in [4.78, 5) is 33.1. The van der Waals surface area contributed by atoms with Crippen LogP contribution in [0.5, 0.6) is 0 Å². The maximum absolute atomic E-state index is 12.9. The van der Waals surface area contributed by atoms with Crippen LogP contribution in [0.2, 0.25) is 0 Å². The summed E-state index contributed by atoms with van der Waals surface area (Å²) < 4.78 is 5.35. The summed E-state index contributed by atoms with van der Waals surface area (Å²) in [7, 11) is 1.67. The molecule has 0 bridgehead atoms. The average Bonchev–Trinajstić information content (AvgIpc) is 3.04. The molecule has 2 fully saturated rings. The Morgan fingerprint density at radius 2 is 2.25 bits per heavy atom. The second kappa shape index (κ2) is 7.34. The number of aromatic amines is 1. The minimum absolute atomic E-state index is 0.0919. The maximum Gasteiger partial charge on any atom is 0.252 e. The topological polar surface area (TPSA) is 87.3 Å². The lowest BCUT2D eigenvalue weighted by molar-refractivity contribution is -0.137. The van der Waals surface area contributed by atoms with Gasteiger partial charge in [-0.25, -0.2) is 4.98 Å². The van der Waals surface area contributed by atoms with Gasteiger partial charge < -0.3 is 19.9 Å². The molecular weight excluding hydrogens is 308 g/mol. The minimum atomic E-state index is -0.372. The summed E-state index contributed by atoms with van der Waals surface area (Å²) >= 11 is 0. The zero-order valence-electron chi connectivity index (χ0n) is 14.2. The smallest absolute Gasteiger partial charge is 0.252 e. The van der Waals surface area contributed by atoms with Crippen molar-refractivity contribution in [3.63, 3.8) is 0 Å². The normalized spacial score (nSPS) is 23.2. The number of amides is 1. The molecule has 3 rings (SSSR count). The van der Waals surface area contributed by atoms with Crippen molar-refractivity contribution < 1.29 is 9.53 Å². The summed E-state index contributed by atoms with van der Waals surface area (Å²) in [5.74, 6) is 0.787. The number of ether oxygens (including phenoxy) is 1. The van der Waals surface area contributed by atoms with E-state index in [0.717, 1.165) is 38.6 Å². The lowest BCUT2D eigenvalue weighted by Gasteiger charge is -2.36. The van der Waals surface area contributed by atoms with Gasteiger partial charge >= 0.3 is 0 Å². The van der Waals surface area contributed by atoms with Crippen molar-refractivity contribution in [1.29, 1.82) is 0 Å². The second-order valence-corrected chi connectivity index (χ2v) is 6.95. The fourth-order valence-electron chi connectivity index (χ4n) is 3.90. The first-order valence-corrected chi connectivity index (χ1v) is 8.72. The number of carbonyl (C=O) groups excluding carboxylic acids is 1. The molecule has 2 aliphatic rings. The Hall–Kier alpha value is -1.89. The molecule has 0 radical (unpaired) electrons. The SMILES string of the molecule is COCC1(C(=O)NC2CCN(c3cc(=O)[nH]cn3)C2)CCCCC1. The molecule has 2 N–H and O–H groups in total. The van der Waals surface area contributed by atoms with Crippen LogP contribution in [-0.4, -0.2) is 48.7 Å². The summed E-state index contributed by atoms with van der Waals surface area (Å²) in [5, 5.41) is 3.21. The molecular formula is C17H26N4O3. The molecule has 1 saturated heterocycles. The number of aromatic nitrogens is 2. The van der Waals surface area contributed by atoms with E-state index in [4.69, 9.17) is 4.74 Å². The standard InChI is InChI=1S/C17H26N4O3/c1-24-11-17(6-3-2-4-7-17)16(23)20-13-5-8-21(10-13)14-9-15(22)19-12-18-14/h9,12-13H,2-8,10-11H2,1H3,(H,20,23)(H,18,19,22). The van der Waals surface area contributed by atoms with Crippen molar-refractivity contribution in [2.75, 3.05) is 31.7 Å². The van der Waals surface area contributed by atoms with E-state index in [-0.39, 0.29) is 22.9 Å². The van der Waals surface area contributed by atoms with Crippen LogP contribution >= 0.6 is 0 Å². The minimum Gasteiger partial charge on any atom is -0.384 e. The van der Waals surface area contributed by atoms with E-state index in [2.05, 4.69) is 15.3 Å². The quantitative estimate of drug-likeness (QED) is 0.841. The van der Waals surface area contributed by atoms with Crippen LogP contribution in [0.4, 0.5) is 5.82 Å². The summed E-state index contributed by atoms with van der Waals surface area (Å²) in [6.45, 7) is 1.97. The van der Waals surface area contributed by atoms with E-state index in [0.29, 0.717) is 19.0 Å². The predicted octanol–water partition coefficient (Wildman–Crippen LogP) is 1.06. The van der Waals surface area contributed by atoms with Gasteiger partial charge in [0.25, 0.3) is 5.56 Å². The zero-order valence-corrected chi connectivity index (χ0v) is 14.2. The van der Waals surface area contributed by atoms with E-state index < -0.39 is 0 Å². The first-order valence-electron chi connectivity index (χ1n) is 8.72. The van der Waals surface area contributed by atoms with E-state index in [1.165, 1.54) is 18.8 Å². The molecule has 1 amide bonds. The van der Waals surface area contributed by atoms with Crippen molar-refractivity contribution in [2.24, 2.45) is 5.41 Å². The van der Waals surface area contributed by atoms with Gasteiger partial charge in [0, 0.05) is 32.3 Å². The van der Waals surface area contributed by atoms with E-state index in [1.807, 2.05) is 4.90 Å². The highest BCUT2D eigenvalue weighted by molar-refractivity contribution is 5.83. The first-order chi connectivity index (χ1) is 11.6.